The number of aromatic nitrogens is 4. The summed E-state index contributed by atoms with van der Waals surface area (Å²) in [4.78, 5) is 17.2. The summed E-state index contributed by atoms with van der Waals surface area (Å²) >= 11 is 0. The lowest BCUT2D eigenvalue weighted by molar-refractivity contribution is -0.116. The molecule has 2 heterocycles. The summed E-state index contributed by atoms with van der Waals surface area (Å²) in [6, 6.07) is 1.92. The van der Waals surface area contributed by atoms with Crippen molar-refractivity contribution in [2.24, 2.45) is 0 Å². The smallest absolute Gasteiger partial charge is 0.245 e. The summed E-state index contributed by atoms with van der Waals surface area (Å²) in [7, 11) is 0. The SMILES string of the molecule is Cc1cc(NC(=O)Cn2c(C)nc3c2CCCC3)n(C(C)(C)C)n1. The van der Waals surface area contributed by atoms with E-state index in [-0.39, 0.29) is 11.4 Å². The van der Waals surface area contributed by atoms with Crippen LogP contribution in [0.2, 0.25) is 0 Å². The van der Waals surface area contributed by atoms with Crippen molar-refractivity contribution in [3.63, 3.8) is 0 Å². The summed E-state index contributed by atoms with van der Waals surface area (Å²) in [5.41, 5.74) is 3.12. The molecule has 1 N–H and O–H groups in total. The molecule has 0 aliphatic heterocycles. The van der Waals surface area contributed by atoms with Gasteiger partial charge in [0.15, 0.2) is 0 Å². The van der Waals surface area contributed by atoms with Crippen molar-refractivity contribution in [1.29, 1.82) is 0 Å². The number of imidazole rings is 1. The van der Waals surface area contributed by atoms with E-state index in [2.05, 4.69) is 40.7 Å². The summed E-state index contributed by atoms with van der Waals surface area (Å²) in [6.07, 6.45) is 4.42. The van der Waals surface area contributed by atoms with Gasteiger partial charge in [-0.1, -0.05) is 0 Å². The van der Waals surface area contributed by atoms with E-state index >= 15 is 0 Å². The Bertz CT molecular complexity index is 763. The zero-order valence-corrected chi connectivity index (χ0v) is 15.3. The molecule has 0 unspecified atom stereocenters. The van der Waals surface area contributed by atoms with E-state index in [0.717, 1.165) is 30.2 Å². The van der Waals surface area contributed by atoms with Crippen LogP contribution < -0.4 is 5.32 Å². The number of nitrogens with zero attached hydrogens (tertiary/aromatic N) is 4. The molecule has 0 bridgehead atoms. The number of rotatable bonds is 3. The number of hydrogen-bond donors (Lipinski definition) is 1. The highest BCUT2D eigenvalue weighted by Gasteiger charge is 2.22. The summed E-state index contributed by atoms with van der Waals surface area (Å²) in [5, 5.41) is 7.53. The van der Waals surface area contributed by atoms with Gasteiger partial charge in [0.2, 0.25) is 5.91 Å². The molecule has 0 fully saturated rings. The molecule has 0 radical (unpaired) electrons. The fourth-order valence-corrected chi connectivity index (χ4v) is 3.37. The minimum absolute atomic E-state index is 0.0331. The van der Waals surface area contributed by atoms with Gasteiger partial charge in [0.1, 0.15) is 18.2 Å². The quantitative estimate of drug-likeness (QED) is 0.941. The summed E-state index contributed by atoms with van der Waals surface area (Å²) in [6.45, 7) is 10.5. The highest BCUT2D eigenvalue weighted by atomic mass is 16.2. The van der Waals surface area contributed by atoms with Crippen LogP contribution in [0.3, 0.4) is 0 Å². The predicted octanol–water partition coefficient (Wildman–Crippen LogP) is 2.97. The average molecular weight is 329 g/mol. The number of hydrogen-bond acceptors (Lipinski definition) is 3. The Morgan fingerprint density at radius 1 is 1.25 bits per heavy atom. The monoisotopic (exact) mass is 329 g/mol. The fraction of sp³-hybridized carbons (Fsp3) is 0.611. The van der Waals surface area contributed by atoms with Gasteiger partial charge < -0.3 is 9.88 Å². The summed E-state index contributed by atoms with van der Waals surface area (Å²) < 4.78 is 3.94. The third-order valence-corrected chi connectivity index (χ3v) is 4.46. The number of nitrogens with one attached hydrogen (secondary N) is 1. The first-order chi connectivity index (χ1) is 11.3. The lowest BCUT2D eigenvalue weighted by Gasteiger charge is -2.22. The van der Waals surface area contributed by atoms with Crippen molar-refractivity contribution < 1.29 is 4.79 Å². The first-order valence-electron chi connectivity index (χ1n) is 8.67. The van der Waals surface area contributed by atoms with E-state index in [1.54, 1.807) is 0 Å². The molecule has 6 heteroatoms. The number of aryl methyl sites for hydroxylation is 3. The van der Waals surface area contributed by atoms with Crippen LogP contribution in [0.1, 0.15) is 56.5 Å². The average Bonchev–Trinajstić information content (AvgIpc) is 3.00. The van der Waals surface area contributed by atoms with Crippen molar-refractivity contribution in [3.05, 3.63) is 29.0 Å². The molecule has 6 nitrogen and oxygen atoms in total. The van der Waals surface area contributed by atoms with Gasteiger partial charge in [-0.15, -0.1) is 0 Å². The Morgan fingerprint density at radius 3 is 2.67 bits per heavy atom. The first kappa shape index (κ1) is 16.7. The topological polar surface area (TPSA) is 64.7 Å². The number of anilines is 1. The minimum Gasteiger partial charge on any atom is -0.323 e. The van der Waals surface area contributed by atoms with Crippen LogP contribution in [0.15, 0.2) is 6.07 Å². The first-order valence-corrected chi connectivity index (χ1v) is 8.67. The second-order valence-electron chi connectivity index (χ2n) is 7.65. The molecule has 0 aromatic carbocycles. The Kier molecular flexibility index (Phi) is 4.24. The molecule has 1 amide bonds. The maximum atomic E-state index is 12.6. The molecule has 2 aromatic heterocycles. The lowest BCUT2D eigenvalue weighted by atomic mass is 10.0. The highest BCUT2D eigenvalue weighted by Crippen LogP contribution is 2.23. The van der Waals surface area contributed by atoms with Crippen LogP contribution in [0.25, 0.3) is 0 Å². The Morgan fingerprint density at radius 2 is 1.96 bits per heavy atom. The van der Waals surface area contributed by atoms with Crippen LogP contribution in [0.5, 0.6) is 0 Å². The van der Waals surface area contributed by atoms with Crippen molar-refractivity contribution >= 4 is 11.7 Å². The molecule has 130 valence electrons. The zero-order valence-electron chi connectivity index (χ0n) is 15.3. The van der Waals surface area contributed by atoms with E-state index in [4.69, 9.17) is 0 Å². The summed E-state index contributed by atoms with van der Waals surface area (Å²) in [5.74, 6) is 1.64. The van der Waals surface area contributed by atoms with Crippen LogP contribution in [0.4, 0.5) is 5.82 Å². The molecule has 0 atom stereocenters. The van der Waals surface area contributed by atoms with Gasteiger partial charge in [0.25, 0.3) is 0 Å². The largest absolute Gasteiger partial charge is 0.323 e. The van der Waals surface area contributed by atoms with E-state index in [9.17, 15) is 4.79 Å². The normalized spacial score (nSPS) is 14.5. The fourth-order valence-electron chi connectivity index (χ4n) is 3.37. The number of carbonyl (C=O) groups is 1. The molecule has 2 aromatic rings. The van der Waals surface area contributed by atoms with Gasteiger partial charge in [0.05, 0.1) is 16.9 Å². The van der Waals surface area contributed by atoms with Gasteiger partial charge in [-0.05, 0) is 60.3 Å². The van der Waals surface area contributed by atoms with E-state index < -0.39 is 0 Å². The Balaban J connectivity index is 1.79. The van der Waals surface area contributed by atoms with E-state index in [0.29, 0.717) is 6.54 Å². The van der Waals surface area contributed by atoms with Crippen molar-refractivity contribution in [1.82, 2.24) is 19.3 Å². The Hall–Kier alpha value is -2.11. The predicted molar refractivity (Wildman–Crippen MR) is 94.2 cm³/mol. The molecular formula is C18H27N5O. The van der Waals surface area contributed by atoms with Crippen molar-refractivity contribution in [3.8, 4) is 0 Å². The van der Waals surface area contributed by atoms with Crippen molar-refractivity contribution in [2.75, 3.05) is 5.32 Å². The third kappa shape index (κ3) is 3.23. The Labute approximate surface area is 143 Å². The molecule has 24 heavy (non-hydrogen) atoms. The van der Waals surface area contributed by atoms with Crippen LogP contribution in [-0.2, 0) is 29.7 Å². The second kappa shape index (κ2) is 6.07. The van der Waals surface area contributed by atoms with Crippen LogP contribution in [0, 0.1) is 13.8 Å². The molecule has 0 saturated carbocycles. The molecule has 3 rings (SSSR count). The van der Waals surface area contributed by atoms with Gasteiger partial charge in [-0.25, -0.2) is 9.67 Å². The van der Waals surface area contributed by atoms with Crippen LogP contribution in [-0.4, -0.2) is 25.2 Å². The zero-order chi connectivity index (χ0) is 17.5. The number of carbonyl (C=O) groups excluding carboxylic acids is 1. The minimum atomic E-state index is -0.180. The molecule has 0 spiro atoms. The lowest BCUT2D eigenvalue weighted by Crippen LogP contribution is -2.28. The maximum absolute atomic E-state index is 12.6. The molecular weight excluding hydrogens is 302 g/mol. The van der Waals surface area contributed by atoms with Gasteiger partial charge in [-0.2, -0.15) is 5.10 Å². The maximum Gasteiger partial charge on any atom is 0.245 e. The standard InChI is InChI=1S/C18H27N5O/c1-12-10-16(23(21-12)18(3,4)5)20-17(24)11-22-13(2)19-14-8-6-7-9-15(14)22/h10H,6-9,11H2,1-5H3,(H,20,24). The molecule has 1 aliphatic carbocycles. The van der Waals surface area contributed by atoms with E-state index in [1.165, 1.54) is 24.2 Å². The highest BCUT2D eigenvalue weighted by molar-refractivity contribution is 5.90. The van der Waals surface area contributed by atoms with Crippen molar-refractivity contribution in [2.45, 2.75) is 72.4 Å². The van der Waals surface area contributed by atoms with Gasteiger partial charge >= 0.3 is 0 Å². The van der Waals surface area contributed by atoms with Crippen LogP contribution >= 0.6 is 0 Å². The number of amides is 1. The second-order valence-corrected chi connectivity index (χ2v) is 7.65. The number of fused-ring (bicyclic) bond motifs is 1. The van der Waals surface area contributed by atoms with Gasteiger partial charge in [-0.3, -0.25) is 4.79 Å². The van der Waals surface area contributed by atoms with Gasteiger partial charge in [0, 0.05) is 11.8 Å². The molecule has 1 aliphatic rings. The molecule has 0 saturated heterocycles. The third-order valence-electron chi connectivity index (χ3n) is 4.46. The van der Waals surface area contributed by atoms with E-state index in [1.807, 2.05) is 24.6 Å².